The van der Waals surface area contributed by atoms with E-state index in [0.717, 1.165) is 5.56 Å². The van der Waals surface area contributed by atoms with E-state index in [9.17, 15) is 14.5 Å². The molecule has 1 N–H and O–H groups in total. The number of carbonyl (C=O) groups is 1. The Morgan fingerprint density at radius 3 is 2.58 bits per heavy atom. The first-order valence-electron chi connectivity index (χ1n) is 5.79. The zero-order valence-electron chi connectivity index (χ0n) is 10.9. The van der Waals surface area contributed by atoms with Crippen LogP contribution in [0.4, 0.5) is 0 Å². The van der Waals surface area contributed by atoms with E-state index >= 15 is 0 Å². The number of aliphatic hydroxyl groups is 1. The van der Waals surface area contributed by atoms with E-state index in [0.29, 0.717) is 4.90 Å². The standard InChI is InChI=1S/C13H15NO4S/c1-8-4-6-10(7-5-8)19(17)12-11(9(2)15)14-18-13(12,3)16/h4-7,12,16H,1-3H3/t12?,13?,19-/m0/s1. The van der Waals surface area contributed by atoms with Gasteiger partial charge in [0, 0.05) is 25.0 Å². The quantitative estimate of drug-likeness (QED) is 0.843. The van der Waals surface area contributed by atoms with Gasteiger partial charge in [0.15, 0.2) is 16.4 Å². The number of carbonyl (C=O) groups excluding carboxylic acids is 1. The minimum absolute atomic E-state index is 0.00362. The van der Waals surface area contributed by atoms with Crippen LogP contribution in [-0.2, 0) is 20.8 Å². The summed E-state index contributed by atoms with van der Waals surface area (Å²) in [5.41, 5.74) is 1.04. The Kier molecular flexibility index (Phi) is 3.66. The van der Waals surface area contributed by atoms with Gasteiger partial charge in [0.1, 0.15) is 0 Å². The Bertz CT molecular complexity index is 524. The van der Waals surface area contributed by atoms with Crippen molar-refractivity contribution in [3.63, 3.8) is 0 Å². The number of Topliss-reactive ketones (excluding diaryl/α,β-unsaturated/α-hetero) is 1. The fourth-order valence-corrected chi connectivity index (χ4v) is 3.38. The summed E-state index contributed by atoms with van der Waals surface area (Å²) in [4.78, 5) is 16.8. The van der Waals surface area contributed by atoms with Crippen molar-refractivity contribution in [2.45, 2.75) is 36.7 Å². The summed E-state index contributed by atoms with van der Waals surface area (Å²) in [6.07, 6.45) is 0. The summed E-state index contributed by atoms with van der Waals surface area (Å²) in [5.74, 6) is -2.10. The first kappa shape index (κ1) is 14.0. The van der Waals surface area contributed by atoms with Crippen LogP contribution in [-0.4, -0.2) is 32.2 Å². The number of rotatable bonds is 3. The lowest BCUT2D eigenvalue weighted by molar-refractivity contribution is -0.167. The van der Waals surface area contributed by atoms with E-state index in [1.54, 1.807) is 12.1 Å². The average molecular weight is 281 g/mol. The Morgan fingerprint density at radius 1 is 1.47 bits per heavy atom. The van der Waals surface area contributed by atoms with E-state index < -0.39 is 22.2 Å². The maximum atomic E-state index is 12.5. The van der Waals surface area contributed by atoms with Crippen LogP contribution in [0.2, 0.25) is 0 Å². The highest BCUT2D eigenvalue weighted by Gasteiger charge is 2.54. The molecule has 0 saturated heterocycles. The number of hydrogen-bond donors (Lipinski definition) is 1. The maximum Gasteiger partial charge on any atom is 0.286 e. The molecule has 0 amide bonds. The van der Waals surface area contributed by atoms with Crippen LogP contribution >= 0.6 is 0 Å². The molecule has 5 nitrogen and oxygen atoms in total. The van der Waals surface area contributed by atoms with Crippen molar-refractivity contribution in [2.75, 3.05) is 0 Å². The maximum absolute atomic E-state index is 12.5. The second-order valence-corrected chi connectivity index (χ2v) is 6.21. The predicted molar refractivity (Wildman–Crippen MR) is 71.2 cm³/mol. The van der Waals surface area contributed by atoms with Gasteiger partial charge >= 0.3 is 0 Å². The van der Waals surface area contributed by atoms with Crippen molar-refractivity contribution in [1.29, 1.82) is 0 Å². The molecule has 1 aliphatic heterocycles. The third kappa shape index (κ3) is 2.65. The van der Waals surface area contributed by atoms with Crippen molar-refractivity contribution >= 4 is 22.7 Å². The van der Waals surface area contributed by atoms with Crippen LogP contribution in [0.15, 0.2) is 34.3 Å². The average Bonchev–Trinajstić information content (AvgIpc) is 2.65. The molecule has 3 atom stereocenters. The van der Waals surface area contributed by atoms with Crippen molar-refractivity contribution in [1.82, 2.24) is 0 Å². The Hall–Kier alpha value is -1.37. The van der Waals surface area contributed by atoms with Crippen molar-refractivity contribution in [3.8, 4) is 0 Å². The molecule has 0 radical (unpaired) electrons. The SMILES string of the molecule is CC(=O)C1=NOC(C)(O)C1[S@@+]([O-])c1ccc(C)cc1. The van der Waals surface area contributed by atoms with E-state index in [2.05, 4.69) is 5.16 Å². The monoisotopic (exact) mass is 281 g/mol. The van der Waals surface area contributed by atoms with Gasteiger partial charge in [-0.1, -0.05) is 22.9 Å². The van der Waals surface area contributed by atoms with Gasteiger partial charge < -0.3 is 14.5 Å². The highest BCUT2D eigenvalue weighted by molar-refractivity contribution is 7.93. The van der Waals surface area contributed by atoms with E-state index in [-0.39, 0.29) is 11.5 Å². The van der Waals surface area contributed by atoms with Crippen LogP contribution in [0.1, 0.15) is 19.4 Å². The molecule has 0 saturated carbocycles. The van der Waals surface area contributed by atoms with Crippen molar-refractivity contribution in [2.24, 2.45) is 5.16 Å². The third-order valence-corrected chi connectivity index (χ3v) is 4.72. The van der Waals surface area contributed by atoms with Gasteiger partial charge in [-0.3, -0.25) is 4.79 Å². The van der Waals surface area contributed by atoms with Gasteiger partial charge in [-0.2, -0.15) is 0 Å². The van der Waals surface area contributed by atoms with Gasteiger partial charge in [-0.25, -0.2) is 0 Å². The summed E-state index contributed by atoms with van der Waals surface area (Å²) in [7, 11) is 0. The zero-order chi connectivity index (χ0) is 14.2. The minimum atomic E-state index is -1.74. The molecule has 1 aromatic rings. The number of benzene rings is 1. The first-order chi connectivity index (χ1) is 8.83. The van der Waals surface area contributed by atoms with Gasteiger partial charge in [-0.15, -0.1) is 0 Å². The Balaban J connectivity index is 2.35. The number of nitrogens with zero attached hydrogens (tertiary/aromatic N) is 1. The molecule has 2 rings (SSSR count). The zero-order valence-corrected chi connectivity index (χ0v) is 11.7. The largest absolute Gasteiger partial charge is 0.611 e. The molecule has 6 heteroatoms. The molecule has 2 unspecified atom stereocenters. The molecule has 0 fully saturated rings. The summed E-state index contributed by atoms with van der Waals surface area (Å²) in [5, 5.41) is 12.7. The van der Waals surface area contributed by atoms with Gasteiger partial charge in [0.05, 0.1) is 0 Å². The Morgan fingerprint density at radius 2 is 2.05 bits per heavy atom. The topological polar surface area (TPSA) is 82.0 Å². The van der Waals surface area contributed by atoms with Gasteiger partial charge in [-0.05, 0) is 19.1 Å². The van der Waals surface area contributed by atoms with E-state index in [4.69, 9.17) is 4.84 Å². The van der Waals surface area contributed by atoms with Crippen molar-refractivity contribution in [3.05, 3.63) is 29.8 Å². The summed E-state index contributed by atoms with van der Waals surface area (Å²) in [6.45, 7) is 4.58. The second-order valence-electron chi connectivity index (χ2n) is 4.67. The lowest BCUT2D eigenvalue weighted by atomic mass is 10.1. The second kappa shape index (κ2) is 4.96. The number of hydrogen-bond acceptors (Lipinski definition) is 5. The first-order valence-corrected chi connectivity index (χ1v) is 7.01. The van der Waals surface area contributed by atoms with Crippen LogP contribution < -0.4 is 0 Å². The molecule has 1 aromatic carbocycles. The predicted octanol–water partition coefficient (Wildman–Crippen LogP) is 1.15. The summed E-state index contributed by atoms with van der Waals surface area (Å²) < 4.78 is 12.5. The van der Waals surface area contributed by atoms with Crippen molar-refractivity contribution < 1.29 is 19.3 Å². The number of aryl methyl sites for hydroxylation is 1. The van der Waals surface area contributed by atoms with E-state index in [1.165, 1.54) is 13.8 Å². The lowest BCUT2D eigenvalue weighted by Gasteiger charge is -2.25. The molecule has 0 aliphatic carbocycles. The van der Waals surface area contributed by atoms with E-state index in [1.807, 2.05) is 19.1 Å². The normalized spacial score (nSPS) is 27.6. The molecule has 0 bridgehead atoms. The van der Waals surface area contributed by atoms with Gasteiger partial charge in [0.25, 0.3) is 5.79 Å². The summed E-state index contributed by atoms with van der Waals surface area (Å²) >= 11 is -1.61. The number of ketones is 1. The Labute approximate surface area is 114 Å². The van der Waals surface area contributed by atoms with Crippen LogP contribution in [0.5, 0.6) is 0 Å². The fraction of sp³-hybridized carbons (Fsp3) is 0.385. The smallest absolute Gasteiger partial charge is 0.286 e. The molecule has 1 heterocycles. The molecular formula is C13H15NO4S. The van der Waals surface area contributed by atoms with Crippen LogP contribution in [0, 0.1) is 6.92 Å². The highest BCUT2D eigenvalue weighted by atomic mass is 32.2. The fourth-order valence-electron chi connectivity index (χ4n) is 1.85. The van der Waals surface area contributed by atoms with Crippen LogP contribution in [0.3, 0.4) is 0 Å². The number of oxime groups is 1. The lowest BCUT2D eigenvalue weighted by Crippen LogP contribution is -2.48. The molecule has 0 aromatic heterocycles. The molecular weight excluding hydrogens is 266 g/mol. The third-order valence-electron chi connectivity index (χ3n) is 2.89. The molecule has 102 valence electrons. The van der Waals surface area contributed by atoms with Gasteiger partial charge in [0.2, 0.25) is 5.25 Å². The summed E-state index contributed by atoms with van der Waals surface area (Å²) in [6, 6.07) is 7.06. The minimum Gasteiger partial charge on any atom is -0.611 e. The van der Waals surface area contributed by atoms with Crippen LogP contribution in [0.25, 0.3) is 0 Å². The molecule has 19 heavy (non-hydrogen) atoms. The highest BCUT2D eigenvalue weighted by Crippen LogP contribution is 2.31. The molecule has 0 spiro atoms. The molecule has 1 aliphatic rings.